The highest BCUT2D eigenvalue weighted by Crippen LogP contribution is 2.49. The van der Waals surface area contributed by atoms with E-state index < -0.39 is 102 Å². The number of hydrogen-bond donors (Lipinski definition) is 5. The highest BCUT2D eigenvalue weighted by Gasteiger charge is 2.64. The van der Waals surface area contributed by atoms with E-state index in [9.17, 15) is 34.5 Å². The van der Waals surface area contributed by atoms with Crippen LogP contribution in [0.15, 0.2) is 35.9 Å². The monoisotopic (exact) mass is 765 g/mol. The zero-order valence-electron chi connectivity index (χ0n) is 30.9. The number of nitrogens with one attached hydrogen (secondary N) is 2. The van der Waals surface area contributed by atoms with Crippen LogP contribution in [0.3, 0.4) is 0 Å². The number of carbonyl (C=O) groups excluding carboxylic acids is 4. The van der Waals surface area contributed by atoms with Gasteiger partial charge in [0.05, 0.1) is 31.9 Å². The molecular formula is C36H48ClN3O13. The molecule has 5 N–H and O–H groups in total. The maximum atomic E-state index is 14.6. The van der Waals surface area contributed by atoms with Crippen molar-refractivity contribution in [1.29, 1.82) is 0 Å². The highest BCUT2D eigenvalue weighted by atomic mass is 35.5. The molecule has 1 aromatic rings. The third kappa shape index (κ3) is 7.76. The average Bonchev–Trinajstić information content (AvgIpc) is 3.79. The summed E-state index contributed by atoms with van der Waals surface area (Å²) in [6, 6.07) is 1.86. The molecule has 17 heteroatoms. The van der Waals surface area contributed by atoms with Crippen molar-refractivity contribution in [1.82, 2.24) is 10.6 Å². The number of halogens is 1. The number of amides is 3. The van der Waals surface area contributed by atoms with Gasteiger partial charge in [-0.25, -0.2) is 9.59 Å². The van der Waals surface area contributed by atoms with E-state index >= 15 is 0 Å². The fourth-order valence-corrected chi connectivity index (χ4v) is 7.46. The third-order valence-electron chi connectivity index (χ3n) is 10.6. The summed E-state index contributed by atoms with van der Waals surface area (Å²) in [5.41, 5.74) is -4.56. The summed E-state index contributed by atoms with van der Waals surface area (Å²) < 4.78 is 34.8. The minimum Gasteiger partial charge on any atom is -0.495 e. The van der Waals surface area contributed by atoms with Crippen LogP contribution in [0.4, 0.5) is 10.5 Å². The largest absolute Gasteiger partial charge is 0.495 e. The molecule has 4 aliphatic heterocycles. The topological polar surface area (TPSA) is 215 Å². The van der Waals surface area contributed by atoms with Crippen LogP contribution in [0.5, 0.6) is 5.75 Å². The SMILES string of the molecule is COc1cc2cc(c1Cl)N1CC(O)C(C)(O)C(=O)NC(C)C(=O)O[C@@H](CC1=O)[C@]1(C)O[C@H]1[C@H](C)[C@@H]1C[C@@](O)(NC(=O)O1)[C@H](OC)/C=C/C=C(\C)C2OC. The zero-order valence-corrected chi connectivity index (χ0v) is 31.6. The molecule has 0 aliphatic carbocycles. The summed E-state index contributed by atoms with van der Waals surface area (Å²) in [7, 11) is 4.23. The Morgan fingerprint density at radius 3 is 2.38 bits per heavy atom. The molecule has 292 valence electrons. The summed E-state index contributed by atoms with van der Waals surface area (Å²) in [6.07, 6.45) is -3.24. The number of fused-ring (bicyclic) bond motifs is 10. The first kappa shape index (κ1) is 40.4. The molecule has 0 radical (unpaired) electrons. The molecule has 4 unspecified atom stereocenters. The number of epoxide rings is 1. The van der Waals surface area contributed by atoms with Gasteiger partial charge in [-0.3, -0.25) is 14.9 Å². The second kappa shape index (κ2) is 15.2. The standard InChI is InChI=1S/C36H48ClN3O13/c1-17-10-9-11-25(49-7)36(47)15-23(51-33(45)39-36)18(2)30-35(5,53-30)26-14-27(42)40(21-12-20(29(17)50-8)13-22(48-6)28(21)37)16-24(41)34(4,46)32(44)38-19(3)31(43)52-26/h9-13,18-19,23-26,29-30,41,46-47H,14-16H2,1-8H3,(H,38,44)(H,39,45)/b11-9+,17-10+/t18-,19?,23+,24?,25-,26+,29?,30+,34?,35+,36+/m1/s1. The Morgan fingerprint density at radius 1 is 1.04 bits per heavy atom. The van der Waals surface area contributed by atoms with Gasteiger partial charge in [0, 0.05) is 26.6 Å². The van der Waals surface area contributed by atoms with Crippen molar-refractivity contribution < 1.29 is 62.9 Å². The Morgan fingerprint density at radius 2 is 1.74 bits per heavy atom. The summed E-state index contributed by atoms with van der Waals surface area (Å²) in [5.74, 6) is -3.23. The second-order valence-electron chi connectivity index (χ2n) is 14.4. The Kier molecular flexibility index (Phi) is 11.6. The Labute approximate surface area is 312 Å². The number of esters is 1. The van der Waals surface area contributed by atoms with Crippen LogP contribution in [-0.4, -0.2) is 121 Å². The molecule has 3 fully saturated rings. The molecule has 0 spiro atoms. The number of rotatable bonds is 3. The van der Waals surface area contributed by atoms with Gasteiger partial charge in [-0.2, -0.15) is 0 Å². The molecule has 4 heterocycles. The lowest BCUT2D eigenvalue weighted by Gasteiger charge is -2.42. The van der Waals surface area contributed by atoms with Crippen LogP contribution in [0.1, 0.15) is 59.1 Å². The molecule has 1 aromatic carbocycles. The van der Waals surface area contributed by atoms with E-state index in [1.54, 1.807) is 51.1 Å². The summed E-state index contributed by atoms with van der Waals surface area (Å²) in [4.78, 5) is 55.3. The maximum Gasteiger partial charge on any atom is 0.409 e. The van der Waals surface area contributed by atoms with Crippen LogP contribution in [-0.2, 0) is 38.1 Å². The number of ether oxygens (including phenoxy) is 6. The van der Waals surface area contributed by atoms with Gasteiger partial charge in [0.2, 0.25) is 5.91 Å². The number of allylic oxidation sites excluding steroid dienone is 2. The van der Waals surface area contributed by atoms with E-state index in [-0.39, 0.29) is 22.9 Å². The van der Waals surface area contributed by atoms with E-state index in [0.29, 0.717) is 11.1 Å². The molecule has 0 aromatic heterocycles. The number of anilines is 1. The molecule has 0 saturated carbocycles. The predicted octanol–water partition coefficient (Wildman–Crippen LogP) is 1.81. The lowest BCUT2D eigenvalue weighted by atomic mass is 9.83. The van der Waals surface area contributed by atoms with E-state index in [1.165, 1.54) is 28.3 Å². The Balaban J connectivity index is 1.72. The summed E-state index contributed by atoms with van der Waals surface area (Å²) >= 11 is 6.86. The van der Waals surface area contributed by atoms with Crippen molar-refractivity contribution in [3.05, 3.63) is 46.5 Å². The van der Waals surface area contributed by atoms with Crippen LogP contribution in [0.25, 0.3) is 0 Å². The molecule has 53 heavy (non-hydrogen) atoms. The fraction of sp³-hybridized carbons (Fsp3) is 0.611. The van der Waals surface area contributed by atoms with Gasteiger partial charge in [0.25, 0.3) is 5.91 Å². The Bertz CT molecular complexity index is 1690. The van der Waals surface area contributed by atoms with Crippen molar-refractivity contribution >= 4 is 41.2 Å². The van der Waals surface area contributed by atoms with Crippen molar-refractivity contribution in [3.63, 3.8) is 0 Å². The maximum absolute atomic E-state index is 14.6. The van der Waals surface area contributed by atoms with Gasteiger partial charge in [-0.05, 0) is 51.0 Å². The highest BCUT2D eigenvalue weighted by molar-refractivity contribution is 6.35. The van der Waals surface area contributed by atoms with Gasteiger partial charge in [0.1, 0.15) is 52.9 Å². The average molecular weight is 766 g/mol. The number of methoxy groups -OCH3 is 3. The van der Waals surface area contributed by atoms with Crippen LogP contribution in [0, 0.1) is 5.92 Å². The van der Waals surface area contributed by atoms with Crippen LogP contribution in [0.2, 0.25) is 5.02 Å². The molecule has 4 aliphatic rings. The molecule has 5 rings (SSSR count). The minimum atomic E-state index is -2.48. The number of carbonyl (C=O) groups is 4. The fourth-order valence-electron chi connectivity index (χ4n) is 7.17. The number of aliphatic hydroxyl groups is 3. The van der Waals surface area contributed by atoms with Crippen molar-refractivity contribution in [2.24, 2.45) is 5.92 Å². The zero-order chi connectivity index (χ0) is 39.2. The number of aliphatic hydroxyl groups excluding tert-OH is 1. The summed E-state index contributed by atoms with van der Waals surface area (Å²) in [6.45, 7) is 6.91. The van der Waals surface area contributed by atoms with Crippen molar-refractivity contribution in [2.45, 2.75) is 107 Å². The first-order valence-corrected chi connectivity index (χ1v) is 17.6. The normalized spacial score (nSPS) is 39.8. The number of alkyl carbamates (subject to hydrolysis) is 1. The first-order valence-electron chi connectivity index (χ1n) is 17.2. The molecular weight excluding hydrogens is 718 g/mol. The first-order chi connectivity index (χ1) is 24.8. The van der Waals surface area contributed by atoms with Crippen LogP contribution < -0.4 is 20.3 Å². The van der Waals surface area contributed by atoms with E-state index in [4.69, 9.17) is 40.0 Å². The van der Waals surface area contributed by atoms with Gasteiger partial charge in [-0.1, -0.05) is 36.8 Å². The predicted molar refractivity (Wildman–Crippen MR) is 188 cm³/mol. The quantitative estimate of drug-likeness (QED) is 0.220. The van der Waals surface area contributed by atoms with Crippen LogP contribution >= 0.6 is 11.6 Å². The van der Waals surface area contributed by atoms with E-state index in [0.717, 1.165) is 11.8 Å². The van der Waals surface area contributed by atoms with Gasteiger partial charge in [0.15, 0.2) is 11.3 Å². The van der Waals surface area contributed by atoms with Gasteiger partial charge >= 0.3 is 12.1 Å². The van der Waals surface area contributed by atoms with Crippen molar-refractivity contribution in [3.8, 4) is 5.75 Å². The Hall–Kier alpha value is -3.77. The molecule has 6 bridgehead atoms. The molecule has 11 atom stereocenters. The minimum absolute atomic E-state index is 0.0319. The van der Waals surface area contributed by atoms with Gasteiger partial charge in [-0.15, -0.1) is 0 Å². The number of hydrogen-bond acceptors (Lipinski definition) is 13. The smallest absolute Gasteiger partial charge is 0.409 e. The van der Waals surface area contributed by atoms with Gasteiger partial charge < -0.3 is 54.0 Å². The van der Waals surface area contributed by atoms with Crippen molar-refractivity contribution in [2.75, 3.05) is 32.8 Å². The number of nitrogens with zero attached hydrogens (tertiary/aromatic N) is 1. The van der Waals surface area contributed by atoms with E-state index in [1.807, 2.05) is 0 Å². The molecule has 3 saturated heterocycles. The lowest BCUT2D eigenvalue weighted by Crippen LogP contribution is -2.63. The molecule has 3 amide bonds. The third-order valence-corrected chi connectivity index (χ3v) is 11.0. The molecule has 16 nitrogen and oxygen atoms in total. The summed E-state index contributed by atoms with van der Waals surface area (Å²) in [5, 5.41) is 39.2. The number of benzene rings is 1. The van der Waals surface area contributed by atoms with E-state index in [2.05, 4.69) is 10.6 Å². The lowest BCUT2D eigenvalue weighted by molar-refractivity contribution is -0.162. The second-order valence-corrected chi connectivity index (χ2v) is 14.8.